The van der Waals surface area contributed by atoms with Crippen molar-refractivity contribution in [1.82, 2.24) is 4.98 Å². The highest BCUT2D eigenvalue weighted by Crippen LogP contribution is 2.24. The summed E-state index contributed by atoms with van der Waals surface area (Å²) in [4.78, 5) is 3.93. The minimum absolute atomic E-state index is 0.236. The first kappa shape index (κ1) is 7.79. The molecular formula is C9H11NO. The van der Waals surface area contributed by atoms with Crippen LogP contribution in [0.5, 0.6) is 5.75 Å². The van der Waals surface area contributed by atoms with E-state index in [1.165, 1.54) is 0 Å². The first-order chi connectivity index (χ1) is 5.13. The lowest BCUT2D eigenvalue weighted by atomic mass is 10.1. The van der Waals surface area contributed by atoms with E-state index in [1.54, 1.807) is 19.2 Å². The van der Waals surface area contributed by atoms with Crippen molar-refractivity contribution in [2.24, 2.45) is 0 Å². The van der Waals surface area contributed by atoms with E-state index in [2.05, 4.69) is 11.6 Å². The molecule has 0 radical (unpaired) electrons. The average molecular weight is 149 g/mol. The van der Waals surface area contributed by atoms with Crippen LogP contribution >= 0.6 is 0 Å². The molecule has 0 bridgehead atoms. The molecular weight excluding hydrogens is 138 g/mol. The Morgan fingerprint density at radius 2 is 2.27 bits per heavy atom. The van der Waals surface area contributed by atoms with Crippen molar-refractivity contribution >= 4 is 5.57 Å². The number of aromatic hydroxyl groups is 1. The Bertz CT molecular complexity index is 292. The highest BCUT2D eigenvalue weighted by molar-refractivity contribution is 5.67. The molecule has 0 aliphatic heterocycles. The summed E-state index contributed by atoms with van der Waals surface area (Å²) < 4.78 is 0. The van der Waals surface area contributed by atoms with Crippen molar-refractivity contribution in [3.8, 4) is 5.75 Å². The predicted molar refractivity (Wildman–Crippen MR) is 45.3 cm³/mol. The van der Waals surface area contributed by atoms with Crippen LogP contribution in [-0.4, -0.2) is 10.1 Å². The quantitative estimate of drug-likeness (QED) is 0.663. The zero-order valence-corrected chi connectivity index (χ0v) is 6.76. The van der Waals surface area contributed by atoms with Crippen LogP contribution < -0.4 is 0 Å². The molecule has 0 fully saturated rings. The largest absolute Gasteiger partial charge is 0.505 e. The zero-order valence-electron chi connectivity index (χ0n) is 6.76. The summed E-state index contributed by atoms with van der Waals surface area (Å²) in [6.07, 6.45) is 1.67. The fourth-order valence-electron chi connectivity index (χ4n) is 0.903. The van der Waals surface area contributed by atoms with E-state index in [4.69, 9.17) is 0 Å². The lowest BCUT2D eigenvalue weighted by molar-refractivity contribution is 0.466. The molecule has 2 heteroatoms. The van der Waals surface area contributed by atoms with Gasteiger partial charge in [0.1, 0.15) is 5.75 Å². The molecule has 11 heavy (non-hydrogen) atoms. The van der Waals surface area contributed by atoms with Gasteiger partial charge in [-0.05, 0) is 25.5 Å². The second-order valence-corrected chi connectivity index (χ2v) is 2.57. The number of hydrogen-bond donors (Lipinski definition) is 1. The topological polar surface area (TPSA) is 33.1 Å². The highest BCUT2D eigenvalue weighted by atomic mass is 16.3. The molecule has 0 aliphatic rings. The van der Waals surface area contributed by atoms with Gasteiger partial charge in [0.15, 0.2) is 0 Å². The van der Waals surface area contributed by atoms with Gasteiger partial charge in [-0.2, -0.15) is 0 Å². The molecule has 1 N–H and O–H groups in total. The maximum absolute atomic E-state index is 9.44. The molecule has 1 aromatic heterocycles. The van der Waals surface area contributed by atoms with Crippen LogP contribution in [0.2, 0.25) is 0 Å². The average Bonchev–Trinajstić information content (AvgIpc) is 1.94. The molecule has 0 unspecified atom stereocenters. The SMILES string of the molecule is C=C(C)c1ccnc(C)c1O. The summed E-state index contributed by atoms with van der Waals surface area (Å²) in [5.74, 6) is 0.236. The maximum atomic E-state index is 9.44. The number of aromatic nitrogens is 1. The van der Waals surface area contributed by atoms with Crippen molar-refractivity contribution in [3.63, 3.8) is 0 Å². The van der Waals surface area contributed by atoms with Crippen LogP contribution in [0.3, 0.4) is 0 Å². The Hall–Kier alpha value is -1.31. The molecule has 58 valence electrons. The van der Waals surface area contributed by atoms with Crippen molar-refractivity contribution < 1.29 is 5.11 Å². The Balaban J connectivity index is 3.27. The van der Waals surface area contributed by atoms with E-state index in [-0.39, 0.29) is 5.75 Å². The van der Waals surface area contributed by atoms with E-state index >= 15 is 0 Å². The first-order valence-corrected chi connectivity index (χ1v) is 3.43. The minimum Gasteiger partial charge on any atom is -0.505 e. The van der Waals surface area contributed by atoms with Crippen LogP contribution in [-0.2, 0) is 0 Å². The van der Waals surface area contributed by atoms with Gasteiger partial charge in [-0.3, -0.25) is 4.98 Å². The van der Waals surface area contributed by atoms with E-state index in [0.717, 1.165) is 11.1 Å². The molecule has 0 aliphatic carbocycles. The molecule has 2 nitrogen and oxygen atoms in total. The van der Waals surface area contributed by atoms with Gasteiger partial charge in [-0.15, -0.1) is 0 Å². The maximum Gasteiger partial charge on any atom is 0.144 e. The summed E-state index contributed by atoms with van der Waals surface area (Å²) in [5, 5.41) is 9.44. The minimum atomic E-state index is 0.236. The van der Waals surface area contributed by atoms with Crippen LogP contribution in [0.25, 0.3) is 5.57 Å². The summed E-state index contributed by atoms with van der Waals surface area (Å²) in [6.45, 7) is 7.36. The second-order valence-electron chi connectivity index (χ2n) is 2.57. The van der Waals surface area contributed by atoms with Gasteiger partial charge in [0, 0.05) is 11.8 Å². The van der Waals surface area contributed by atoms with Crippen molar-refractivity contribution in [2.45, 2.75) is 13.8 Å². The second kappa shape index (κ2) is 2.74. The molecule has 0 saturated heterocycles. The Kier molecular flexibility index (Phi) is 1.94. The van der Waals surface area contributed by atoms with Gasteiger partial charge in [0.25, 0.3) is 0 Å². The summed E-state index contributed by atoms with van der Waals surface area (Å²) in [7, 11) is 0. The number of aryl methyl sites for hydroxylation is 1. The summed E-state index contributed by atoms with van der Waals surface area (Å²) in [6, 6.07) is 1.75. The third-order valence-corrected chi connectivity index (χ3v) is 1.57. The molecule has 0 atom stereocenters. The molecule has 0 amide bonds. The number of pyridine rings is 1. The molecule has 1 heterocycles. The predicted octanol–water partition coefficient (Wildman–Crippen LogP) is 2.13. The lowest BCUT2D eigenvalue weighted by Crippen LogP contribution is -1.86. The van der Waals surface area contributed by atoms with Crippen LogP contribution in [0, 0.1) is 6.92 Å². The Morgan fingerprint density at radius 1 is 1.64 bits per heavy atom. The number of rotatable bonds is 1. The molecule has 0 aromatic carbocycles. The standard InChI is InChI=1S/C9H11NO/c1-6(2)8-4-5-10-7(3)9(8)11/h4-5,11H,1H2,2-3H3. The Morgan fingerprint density at radius 3 is 2.73 bits per heavy atom. The third kappa shape index (κ3) is 1.40. The van der Waals surface area contributed by atoms with Crippen LogP contribution in [0.15, 0.2) is 18.8 Å². The van der Waals surface area contributed by atoms with E-state index in [1.807, 2.05) is 6.92 Å². The van der Waals surface area contributed by atoms with Gasteiger partial charge in [0.2, 0.25) is 0 Å². The monoisotopic (exact) mass is 149 g/mol. The smallest absolute Gasteiger partial charge is 0.144 e. The lowest BCUT2D eigenvalue weighted by Gasteiger charge is -2.04. The number of allylic oxidation sites excluding steroid dienone is 1. The van der Waals surface area contributed by atoms with Crippen LogP contribution in [0.1, 0.15) is 18.2 Å². The van der Waals surface area contributed by atoms with Crippen molar-refractivity contribution in [3.05, 3.63) is 30.1 Å². The fourth-order valence-corrected chi connectivity index (χ4v) is 0.903. The van der Waals surface area contributed by atoms with Crippen LogP contribution in [0.4, 0.5) is 0 Å². The number of nitrogens with zero attached hydrogens (tertiary/aromatic N) is 1. The molecule has 1 aromatic rings. The molecule has 0 spiro atoms. The van der Waals surface area contributed by atoms with E-state index in [9.17, 15) is 5.11 Å². The van der Waals surface area contributed by atoms with E-state index < -0.39 is 0 Å². The number of hydrogen-bond acceptors (Lipinski definition) is 2. The van der Waals surface area contributed by atoms with Gasteiger partial charge in [0.05, 0.1) is 5.69 Å². The molecule has 1 rings (SSSR count). The third-order valence-electron chi connectivity index (χ3n) is 1.57. The molecule has 0 saturated carbocycles. The normalized spacial score (nSPS) is 9.64. The van der Waals surface area contributed by atoms with Gasteiger partial charge < -0.3 is 5.11 Å². The summed E-state index contributed by atoms with van der Waals surface area (Å²) in [5.41, 5.74) is 2.27. The van der Waals surface area contributed by atoms with E-state index in [0.29, 0.717) is 5.69 Å². The van der Waals surface area contributed by atoms with Gasteiger partial charge in [-0.25, -0.2) is 0 Å². The van der Waals surface area contributed by atoms with Gasteiger partial charge >= 0.3 is 0 Å². The Labute approximate surface area is 66.2 Å². The fraction of sp³-hybridized carbons (Fsp3) is 0.222. The van der Waals surface area contributed by atoms with Gasteiger partial charge in [-0.1, -0.05) is 6.58 Å². The van der Waals surface area contributed by atoms with Crippen molar-refractivity contribution in [1.29, 1.82) is 0 Å². The first-order valence-electron chi connectivity index (χ1n) is 3.43. The highest BCUT2D eigenvalue weighted by Gasteiger charge is 2.03. The van der Waals surface area contributed by atoms with Crippen molar-refractivity contribution in [2.75, 3.05) is 0 Å². The zero-order chi connectivity index (χ0) is 8.43. The summed E-state index contributed by atoms with van der Waals surface area (Å²) >= 11 is 0.